The summed E-state index contributed by atoms with van der Waals surface area (Å²) in [5.41, 5.74) is 9.81. The highest BCUT2D eigenvalue weighted by Gasteiger charge is 2.12. The van der Waals surface area contributed by atoms with Crippen LogP contribution in [0.15, 0.2) is 66.7 Å². The van der Waals surface area contributed by atoms with Crippen molar-refractivity contribution in [3.63, 3.8) is 0 Å². The van der Waals surface area contributed by atoms with Gasteiger partial charge in [0.25, 0.3) is 0 Å². The molecule has 3 aromatic carbocycles. The Balaban J connectivity index is 1.73. The van der Waals surface area contributed by atoms with E-state index in [1.54, 1.807) is 33.5 Å². The van der Waals surface area contributed by atoms with Gasteiger partial charge in [0.05, 0.1) is 21.3 Å². The molecule has 3 N–H and O–H groups in total. The molecule has 0 fully saturated rings. The van der Waals surface area contributed by atoms with E-state index >= 15 is 0 Å². The molecular formula is C26H26N2O4. The van der Waals surface area contributed by atoms with Crippen molar-refractivity contribution >= 4 is 35.5 Å². The second-order valence-corrected chi connectivity index (χ2v) is 6.87. The van der Waals surface area contributed by atoms with E-state index in [0.717, 1.165) is 16.7 Å². The molecule has 0 unspecified atom stereocenters. The van der Waals surface area contributed by atoms with Gasteiger partial charge in [0.2, 0.25) is 11.7 Å². The first-order chi connectivity index (χ1) is 15.5. The average Bonchev–Trinajstić information content (AvgIpc) is 2.81. The molecule has 0 saturated carbocycles. The van der Waals surface area contributed by atoms with Crippen LogP contribution in [0.1, 0.15) is 16.7 Å². The summed E-state index contributed by atoms with van der Waals surface area (Å²) in [4.78, 5) is 12.3. The molecule has 164 valence electrons. The summed E-state index contributed by atoms with van der Waals surface area (Å²) < 4.78 is 16.1. The highest BCUT2D eigenvalue weighted by Crippen LogP contribution is 2.38. The van der Waals surface area contributed by atoms with Crippen LogP contribution in [-0.2, 0) is 4.79 Å². The number of nitrogens with two attached hydrogens (primary N) is 1. The molecule has 3 rings (SSSR count). The average molecular weight is 431 g/mol. The minimum absolute atomic E-state index is 0.237. The van der Waals surface area contributed by atoms with Crippen LogP contribution in [0.3, 0.4) is 0 Å². The highest BCUT2D eigenvalue weighted by molar-refractivity contribution is 6.02. The van der Waals surface area contributed by atoms with E-state index in [-0.39, 0.29) is 5.91 Å². The molecule has 32 heavy (non-hydrogen) atoms. The summed E-state index contributed by atoms with van der Waals surface area (Å²) in [6.07, 6.45) is 7.03. The van der Waals surface area contributed by atoms with Crippen molar-refractivity contribution in [3.05, 3.63) is 83.4 Å². The smallest absolute Gasteiger partial charge is 0.248 e. The van der Waals surface area contributed by atoms with Gasteiger partial charge in [-0.1, -0.05) is 42.5 Å². The fourth-order valence-electron chi connectivity index (χ4n) is 3.12. The van der Waals surface area contributed by atoms with Gasteiger partial charge in [0, 0.05) is 17.5 Å². The normalized spacial score (nSPS) is 11.0. The van der Waals surface area contributed by atoms with Crippen molar-refractivity contribution < 1.29 is 19.0 Å². The largest absolute Gasteiger partial charge is 0.493 e. The molecule has 0 aliphatic heterocycles. The summed E-state index contributed by atoms with van der Waals surface area (Å²) in [6, 6.07) is 18.6. The molecule has 6 heteroatoms. The lowest BCUT2D eigenvalue weighted by atomic mass is 10.1. The lowest BCUT2D eigenvalue weighted by molar-refractivity contribution is -0.111. The van der Waals surface area contributed by atoms with Crippen molar-refractivity contribution in [1.29, 1.82) is 0 Å². The van der Waals surface area contributed by atoms with Crippen molar-refractivity contribution in [1.82, 2.24) is 0 Å². The van der Waals surface area contributed by atoms with Crippen molar-refractivity contribution in [2.75, 3.05) is 32.4 Å². The van der Waals surface area contributed by atoms with Crippen molar-refractivity contribution in [2.45, 2.75) is 0 Å². The van der Waals surface area contributed by atoms with E-state index in [4.69, 9.17) is 19.9 Å². The third-order valence-electron chi connectivity index (χ3n) is 4.72. The number of carbonyl (C=O) groups is 1. The maximum absolute atomic E-state index is 12.3. The summed E-state index contributed by atoms with van der Waals surface area (Å²) >= 11 is 0. The zero-order valence-corrected chi connectivity index (χ0v) is 18.3. The summed E-state index contributed by atoms with van der Waals surface area (Å²) in [6.45, 7) is 0. The number of rotatable bonds is 8. The van der Waals surface area contributed by atoms with Gasteiger partial charge in [-0.3, -0.25) is 4.79 Å². The number of nitrogen functional groups attached to an aromatic ring is 1. The monoisotopic (exact) mass is 430 g/mol. The molecule has 0 aliphatic rings. The van der Waals surface area contributed by atoms with Gasteiger partial charge in [-0.05, 0) is 53.1 Å². The van der Waals surface area contributed by atoms with Gasteiger partial charge < -0.3 is 25.3 Å². The Hall–Kier alpha value is -4.19. The molecule has 0 radical (unpaired) electrons. The van der Waals surface area contributed by atoms with E-state index in [9.17, 15) is 4.79 Å². The molecule has 0 spiro atoms. The second kappa shape index (κ2) is 10.7. The SMILES string of the molecule is COc1cc(/C=C/c2cccc(NC(=O)/C=C/c3ccccc3N)c2)cc(OC)c1OC. The number of benzene rings is 3. The Bertz CT molecular complexity index is 1130. The number of hydrogen-bond donors (Lipinski definition) is 2. The number of amides is 1. The van der Waals surface area contributed by atoms with Crippen LogP contribution in [0.25, 0.3) is 18.2 Å². The van der Waals surface area contributed by atoms with Gasteiger partial charge in [-0.25, -0.2) is 0 Å². The Kier molecular flexibility index (Phi) is 7.54. The van der Waals surface area contributed by atoms with Gasteiger partial charge >= 0.3 is 0 Å². The molecule has 0 saturated heterocycles. The van der Waals surface area contributed by atoms with Crippen LogP contribution in [0.2, 0.25) is 0 Å². The molecule has 1 amide bonds. The lowest BCUT2D eigenvalue weighted by Crippen LogP contribution is -2.07. The van der Waals surface area contributed by atoms with Crippen LogP contribution in [-0.4, -0.2) is 27.2 Å². The fourth-order valence-corrected chi connectivity index (χ4v) is 3.12. The summed E-state index contributed by atoms with van der Waals surface area (Å²) in [5, 5.41) is 2.86. The second-order valence-electron chi connectivity index (χ2n) is 6.87. The van der Waals surface area contributed by atoms with E-state index in [1.165, 1.54) is 6.08 Å². The number of para-hydroxylation sites is 1. The molecule has 0 heterocycles. The Labute approximate surface area is 187 Å². The first kappa shape index (κ1) is 22.5. The minimum Gasteiger partial charge on any atom is -0.493 e. The van der Waals surface area contributed by atoms with Crippen molar-refractivity contribution in [3.8, 4) is 17.2 Å². The zero-order chi connectivity index (χ0) is 22.9. The molecule has 0 aliphatic carbocycles. The molecule has 3 aromatic rings. The topological polar surface area (TPSA) is 82.8 Å². The Morgan fingerprint density at radius 3 is 2.16 bits per heavy atom. The lowest BCUT2D eigenvalue weighted by Gasteiger charge is -2.12. The third-order valence-corrected chi connectivity index (χ3v) is 4.72. The number of carbonyl (C=O) groups excluding carboxylic acids is 1. The molecule has 0 bridgehead atoms. The maximum Gasteiger partial charge on any atom is 0.248 e. The molecule has 0 atom stereocenters. The van der Waals surface area contributed by atoms with Crippen LogP contribution in [0.4, 0.5) is 11.4 Å². The van der Waals surface area contributed by atoms with E-state index in [1.807, 2.05) is 66.7 Å². The highest BCUT2D eigenvalue weighted by atomic mass is 16.5. The minimum atomic E-state index is -0.237. The Morgan fingerprint density at radius 2 is 1.50 bits per heavy atom. The maximum atomic E-state index is 12.3. The van der Waals surface area contributed by atoms with Crippen LogP contribution in [0, 0.1) is 0 Å². The van der Waals surface area contributed by atoms with Gasteiger partial charge in [-0.2, -0.15) is 0 Å². The number of anilines is 2. The fraction of sp³-hybridized carbons (Fsp3) is 0.115. The predicted octanol–water partition coefficient (Wildman–Crippen LogP) is 5.12. The summed E-state index contributed by atoms with van der Waals surface area (Å²) in [7, 11) is 4.73. The Morgan fingerprint density at radius 1 is 0.812 bits per heavy atom. The first-order valence-electron chi connectivity index (χ1n) is 9.95. The van der Waals surface area contributed by atoms with E-state index in [0.29, 0.717) is 28.6 Å². The number of nitrogens with one attached hydrogen (secondary N) is 1. The first-order valence-corrected chi connectivity index (χ1v) is 9.95. The molecule has 0 aromatic heterocycles. The quantitative estimate of drug-likeness (QED) is 0.295. The predicted molar refractivity (Wildman–Crippen MR) is 130 cm³/mol. The molecule has 6 nitrogen and oxygen atoms in total. The van der Waals surface area contributed by atoms with E-state index < -0.39 is 0 Å². The summed E-state index contributed by atoms with van der Waals surface area (Å²) in [5.74, 6) is 1.47. The number of ether oxygens (including phenoxy) is 3. The van der Waals surface area contributed by atoms with Crippen LogP contribution in [0.5, 0.6) is 17.2 Å². The standard InChI is InChI=1S/C26H26N2O4/c1-30-23-16-19(17-24(31-2)26(23)32-3)12-11-18-7-6-9-21(15-18)28-25(29)14-13-20-8-4-5-10-22(20)27/h4-17H,27H2,1-3H3,(H,28,29)/b12-11+,14-13+. The van der Waals surface area contributed by atoms with Gasteiger partial charge in [-0.15, -0.1) is 0 Å². The van der Waals surface area contributed by atoms with Gasteiger partial charge in [0.1, 0.15) is 0 Å². The molecular weight excluding hydrogens is 404 g/mol. The zero-order valence-electron chi connectivity index (χ0n) is 18.3. The van der Waals surface area contributed by atoms with Gasteiger partial charge in [0.15, 0.2) is 11.5 Å². The van der Waals surface area contributed by atoms with E-state index in [2.05, 4.69) is 5.32 Å². The number of methoxy groups -OCH3 is 3. The van der Waals surface area contributed by atoms with Crippen LogP contribution >= 0.6 is 0 Å². The third kappa shape index (κ3) is 5.70. The van der Waals surface area contributed by atoms with Crippen LogP contribution < -0.4 is 25.3 Å². The van der Waals surface area contributed by atoms with Crippen molar-refractivity contribution in [2.24, 2.45) is 0 Å². The number of hydrogen-bond acceptors (Lipinski definition) is 5.